The summed E-state index contributed by atoms with van der Waals surface area (Å²) in [4.78, 5) is 0. The van der Waals surface area contributed by atoms with Crippen LogP contribution in [0.15, 0.2) is 36.4 Å². The van der Waals surface area contributed by atoms with E-state index in [0.29, 0.717) is 0 Å². The fraction of sp³-hybridized carbons (Fsp3) is 0.200. The lowest BCUT2D eigenvalue weighted by Gasteiger charge is -2.26. The number of aromatic hydroxyl groups is 3. The van der Waals surface area contributed by atoms with Crippen LogP contribution in [0, 0.1) is 0 Å². The molecule has 0 bridgehead atoms. The van der Waals surface area contributed by atoms with Gasteiger partial charge in [-0.05, 0) is 54.3 Å². The molecule has 1 heterocycles. The number of aryl methyl sites for hydroxylation is 1. The predicted molar refractivity (Wildman–Crippen MR) is 69.6 cm³/mol. The van der Waals surface area contributed by atoms with E-state index in [0.717, 1.165) is 29.7 Å². The van der Waals surface area contributed by atoms with Crippen molar-refractivity contribution in [2.24, 2.45) is 0 Å². The van der Waals surface area contributed by atoms with Crippen LogP contribution in [0.5, 0.6) is 23.0 Å². The van der Waals surface area contributed by atoms with Gasteiger partial charge in [0.05, 0.1) is 0 Å². The molecule has 4 heteroatoms. The highest BCUT2D eigenvalue weighted by atomic mass is 16.5. The number of rotatable bonds is 1. The molecule has 0 fully saturated rings. The van der Waals surface area contributed by atoms with Crippen LogP contribution < -0.4 is 4.74 Å². The van der Waals surface area contributed by atoms with Gasteiger partial charge >= 0.3 is 0 Å². The van der Waals surface area contributed by atoms with Gasteiger partial charge in [-0.2, -0.15) is 0 Å². The Hall–Kier alpha value is -2.36. The lowest BCUT2D eigenvalue weighted by atomic mass is 9.97. The molecule has 1 aliphatic heterocycles. The number of phenols is 3. The van der Waals surface area contributed by atoms with Crippen LogP contribution in [0.3, 0.4) is 0 Å². The van der Waals surface area contributed by atoms with Crippen molar-refractivity contribution in [3.05, 3.63) is 47.5 Å². The molecule has 2 aromatic rings. The predicted octanol–water partition coefficient (Wildman–Crippen LogP) is 2.87. The van der Waals surface area contributed by atoms with Crippen LogP contribution in [0.25, 0.3) is 0 Å². The summed E-state index contributed by atoms with van der Waals surface area (Å²) in [5, 5.41) is 28.3. The fourth-order valence-electron chi connectivity index (χ4n) is 2.35. The van der Waals surface area contributed by atoms with Crippen molar-refractivity contribution in [3.8, 4) is 23.0 Å². The molecule has 0 spiro atoms. The van der Waals surface area contributed by atoms with Gasteiger partial charge in [0.1, 0.15) is 17.6 Å². The van der Waals surface area contributed by atoms with Crippen molar-refractivity contribution in [3.63, 3.8) is 0 Å². The van der Waals surface area contributed by atoms with Gasteiger partial charge in [0.15, 0.2) is 11.5 Å². The fourth-order valence-corrected chi connectivity index (χ4v) is 2.35. The maximum atomic E-state index is 9.52. The Labute approximate surface area is 110 Å². The first-order valence-corrected chi connectivity index (χ1v) is 6.14. The van der Waals surface area contributed by atoms with Crippen molar-refractivity contribution >= 4 is 0 Å². The lowest BCUT2D eigenvalue weighted by Crippen LogP contribution is -2.14. The average Bonchev–Trinajstić information content (AvgIpc) is 2.41. The van der Waals surface area contributed by atoms with E-state index in [-0.39, 0.29) is 23.4 Å². The van der Waals surface area contributed by atoms with E-state index < -0.39 is 0 Å². The van der Waals surface area contributed by atoms with Crippen LogP contribution in [-0.4, -0.2) is 15.3 Å². The first kappa shape index (κ1) is 11.7. The lowest BCUT2D eigenvalue weighted by molar-refractivity contribution is 0.176. The van der Waals surface area contributed by atoms with Gasteiger partial charge in [0.25, 0.3) is 0 Å². The smallest absolute Gasteiger partial charge is 0.157 e. The van der Waals surface area contributed by atoms with Gasteiger partial charge < -0.3 is 20.1 Å². The summed E-state index contributed by atoms with van der Waals surface area (Å²) in [6.45, 7) is 0. The normalized spacial score (nSPS) is 17.6. The maximum Gasteiger partial charge on any atom is 0.157 e. The summed E-state index contributed by atoms with van der Waals surface area (Å²) in [5.74, 6) is 0.715. The van der Waals surface area contributed by atoms with E-state index in [2.05, 4.69) is 0 Å². The molecule has 2 aromatic carbocycles. The summed E-state index contributed by atoms with van der Waals surface area (Å²) in [6, 6.07) is 9.77. The zero-order chi connectivity index (χ0) is 13.4. The summed E-state index contributed by atoms with van der Waals surface area (Å²) in [6.07, 6.45) is 1.42. The van der Waals surface area contributed by atoms with E-state index in [1.54, 1.807) is 24.3 Å². The van der Waals surface area contributed by atoms with Gasteiger partial charge in [0, 0.05) is 0 Å². The zero-order valence-corrected chi connectivity index (χ0v) is 10.2. The summed E-state index contributed by atoms with van der Waals surface area (Å²) >= 11 is 0. The number of fused-ring (bicyclic) bond motifs is 1. The number of ether oxygens (including phenoxy) is 1. The molecule has 3 rings (SSSR count). The van der Waals surface area contributed by atoms with Crippen LogP contribution in [0.1, 0.15) is 23.7 Å². The van der Waals surface area contributed by atoms with Gasteiger partial charge in [-0.1, -0.05) is 6.07 Å². The molecule has 0 amide bonds. The Morgan fingerprint density at radius 3 is 2.58 bits per heavy atom. The Bertz CT molecular complexity index is 622. The largest absolute Gasteiger partial charge is 0.508 e. The molecule has 1 aliphatic rings. The van der Waals surface area contributed by atoms with Crippen LogP contribution in [0.4, 0.5) is 0 Å². The molecule has 4 nitrogen and oxygen atoms in total. The Kier molecular flexibility index (Phi) is 2.71. The van der Waals surface area contributed by atoms with Crippen molar-refractivity contribution in [1.29, 1.82) is 0 Å². The highest BCUT2D eigenvalue weighted by molar-refractivity contribution is 5.44. The molecule has 1 atom stereocenters. The second-order valence-corrected chi connectivity index (χ2v) is 4.69. The van der Waals surface area contributed by atoms with E-state index in [9.17, 15) is 15.3 Å². The van der Waals surface area contributed by atoms with E-state index in [4.69, 9.17) is 4.74 Å². The standard InChI is InChI=1S/C15H14O4/c16-11-3-6-15-9(7-11)2-5-14(19-15)10-1-4-12(17)13(18)8-10/h1,3-4,6-8,14,16-18H,2,5H2. The minimum absolute atomic E-state index is 0.134. The van der Waals surface area contributed by atoms with Crippen LogP contribution in [-0.2, 0) is 6.42 Å². The molecular formula is C15H14O4. The molecule has 0 radical (unpaired) electrons. The maximum absolute atomic E-state index is 9.52. The quantitative estimate of drug-likeness (QED) is 0.688. The Balaban J connectivity index is 1.89. The highest BCUT2D eigenvalue weighted by Gasteiger charge is 2.22. The molecule has 0 aliphatic carbocycles. The Morgan fingerprint density at radius 1 is 0.947 bits per heavy atom. The number of benzene rings is 2. The zero-order valence-electron chi connectivity index (χ0n) is 10.2. The average molecular weight is 258 g/mol. The topological polar surface area (TPSA) is 69.9 Å². The third-order valence-corrected chi connectivity index (χ3v) is 3.36. The number of hydrogen-bond acceptors (Lipinski definition) is 4. The summed E-state index contributed by atoms with van der Waals surface area (Å²) in [5.41, 5.74) is 1.81. The van der Waals surface area contributed by atoms with E-state index in [1.807, 2.05) is 0 Å². The number of hydrogen-bond donors (Lipinski definition) is 3. The first-order valence-electron chi connectivity index (χ1n) is 6.14. The SMILES string of the molecule is Oc1ccc2c(c1)CCC(c1ccc(O)c(O)c1)O2. The third-order valence-electron chi connectivity index (χ3n) is 3.36. The second kappa shape index (κ2) is 4.39. The van der Waals surface area contributed by atoms with Gasteiger partial charge in [-0.15, -0.1) is 0 Å². The molecule has 98 valence electrons. The molecular weight excluding hydrogens is 244 g/mol. The minimum atomic E-state index is -0.149. The first-order chi connectivity index (χ1) is 9.13. The molecule has 0 saturated heterocycles. The van der Waals surface area contributed by atoms with Crippen molar-refractivity contribution in [1.82, 2.24) is 0 Å². The van der Waals surface area contributed by atoms with Gasteiger partial charge in [-0.3, -0.25) is 0 Å². The van der Waals surface area contributed by atoms with E-state index in [1.165, 1.54) is 12.1 Å². The van der Waals surface area contributed by atoms with Crippen molar-refractivity contribution in [2.75, 3.05) is 0 Å². The summed E-state index contributed by atoms with van der Waals surface area (Å²) < 4.78 is 5.86. The number of phenolic OH excluding ortho intramolecular Hbond substituents is 3. The monoisotopic (exact) mass is 258 g/mol. The molecule has 0 aromatic heterocycles. The molecule has 1 unspecified atom stereocenters. The van der Waals surface area contributed by atoms with E-state index >= 15 is 0 Å². The molecule has 19 heavy (non-hydrogen) atoms. The van der Waals surface area contributed by atoms with Crippen molar-refractivity contribution in [2.45, 2.75) is 18.9 Å². The third kappa shape index (κ3) is 2.17. The highest BCUT2D eigenvalue weighted by Crippen LogP contribution is 2.38. The van der Waals surface area contributed by atoms with Crippen molar-refractivity contribution < 1.29 is 20.1 Å². The second-order valence-electron chi connectivity index (χ2n) is 4.69. The van der Waals surface area contributed by atoms with Crippen LogP contribution >= 0.6 is 0 Å². The van der Waals surface area contributed by atoms with Crippen LogP contribution in [0.2, 0.25) is 0 Å². The van der Waals surface area contributed by atoms with Gasteiger partial charge in [-0.25, -0.2) is 0 Å². The Morgan fingerprint density at radius 2 is 1.79 bits per heavy atom. The molecule has 0 saturated carbocycles. The summed E-state index contributed by atoms with van der Waals surface area (Å²) in [7, 11) is 0. The van der Waals surface area contributed by atoms with Gasteiger partial charge in [0.2, 0.25) is 0 Å². The minimum Gasteiger partial charge on any atom is -0.508 e. The molecule has 3 N–H and O–H groups in total.